The number of halogens is 3. The fraction of sp³-hybridized carbons (Fsp3) is 0.750. The Labute approximate surface area is 199 Å². The minimum Gasteiger partial charge on any atom is -0.480 e. The van der Waals surface area contributed by atoms with Crippen molar-refractivity contribution in [2.75, 3.05) is 19.4 Å². The number of ether oxygens (including phenoxy) is 1. The number of methoxy groups -OCH3 is 1. The second-order valence-corrected chi connectivity index (χ2v) is 12.8. The summed E-state index contributed by atoms with van der Waals surface area (Å²) in [6, 6.07) is 0.854. The highest BCUT2D eigenvalue weighted by molar-refractivity contribution is 7.92. The van der Waals surface area contributed by atoms with Crippen LogP contribution >= 0.6 is 0 Å². The highest BCUT2D eigenvalue weighted by Crippen LogP contribution is 2.49. The molecule has 10 heteroatoms. The lowest BCUT2D eigenvalue weighted by atomic mass is 9.70. The van der Waals surface area contributed by atoms with Crippen molar-refractivity contribution in [2.24, 2.45) is 17.3 Å². The number of amides is 1. The van der Waals surface area contributed by atoms with E-state index in [9.17, 15) is 26.4 Å². The first-order valence-electron chi connectivity index (χ1n) is 12.0. The van der Waals surface area contributed by atoms with Crippen molar-refractivity contribution >= 4 is 15.7 Å². The van der Waals surface area contributed by atoms with Crippen LogP contribution in [0.15, 0.2) is 6.07 Å². The summed E-state index contributed by atoms with van der Waals surface area (Å²) in [5.74, 6) is 0.355. The quantitative estimate of drug-likeness (QED) is 0.529. The Morgan fingerprint density at radius 2 is 1.76 bits per heavy atom. The first kappa shape index (κ1) is 25.3. The van der Waals surface area contributed by atoms with Gasteiger partial charge >= 0.3 is 6.18 Å². The lowest BCUT2D eigenvalue weighted by Gasteiger charge is -2.40. The van der Waals surface area contributed by atoms with Gasteiger partial charge in [0, 0.05) is 6.54 Å². The van der Waals surface area contributed by atoms with Crippen LogP contribution in [-0.4, -0.2) is 44.0 Å². The molecule has 1 N–H and O–H groups in total. The third kappa shape index (κ3) is 5.86. The van der Waals surface area contributed by atoms with Gasteiger partial charge in [0.25, 0.3) is 5.91 Å². The molecule has 3 aliphatic carbocycles. The third-order valence-corrected chi connectivity index (χ3v) is 10.0. The second-order valence-electron chi connectivity index (χ2n) is 10.5. The summed E-state index contributed by atoms with van der Waals surface area (Å²) in [5, 5.41) is 2.61. The van der Waals surface area contributed by atoms with E-state index in [4.69, 9.17) is 4.74 Å². The molecule has 190 valence electrons. The Morgan fingerprint density at radius 1 is 1.15 bits per heavy atom. The largest absolute Gasteiger partial charge is 0.480 e. The zero-order valence-corrected chi connectivity index (χ0v) is 20.5. The molecule has 1 heterocycles. The van der Waals surface area contributed by atoms with E-state index >= 15 is 0 Å². The van der Waals surface area contributed by atoms with Crippen LogP contribution < -0.4 is 10.1 Å². The summed E-state index contributed by atoms with van der Waals surface area (Å²) in [5.41, 5.74) is -1.15. The Morgan fingerprint density at radius 3 is 2.29 bits per heavy atom. The smallest absolute Gasteiger partial charge is 0.433 e. The molecule has 6 nitrogen and oxygen atoms in total. The van der Waals surface area contributed by atoms with Crippen LogP contribution in [0.3, 0.4) is 0 Å². The number of nitrogens with zero attached hydrogens (tertiary/aromatic N) is 1. The Balaban J connectivity index is 1.45. The van der Waals surface area contributed by atoms with Crippen molar-refractivity contribution < 1.29 is 31.1 Å². The summed E-state index contributed by atoms with van der Waals surface area (Å²) >= 11 is 0. The van der Waals surface area contributed by atoms with E-state index in [-0.39, 0.29) is 27.7 Å². The van der Waals surface area contributed by atoms with Crippen LogP contribution in [0.2, 0.25) is 0 Å². The molecule has 4 rings (SSSR count). The lowest BCUT2D eigenvalue weighted by Crippen LogP contribution is -2.43. The molecule has 3 saturated carbocycles. The summed E-state index contributed by atoms with van der Waals surface area (Å²) in [6.45, 7) is 1.80. The first-order valence-corrected chi connectivity index (χ1v) is 13.8. The Kier molecular flexibility index (Phi) is 6.92. The van der Waals surface area contributed by atoms with Gasteiger partial charge in [-0.3, -0.25) is 4.79 Å². The predicted octanol–water partition coefficient (Wildman–Crippen LogP) is 4.70. The number of rotatable bonds is 9. The molecular weight excluding hydrogens is 469 g/mol. The Hall–Kier alpha value is -1.84. The number of aryl methyl sites for hydroxylation is 1. The standard InChI is InChI=1S/C24H33F3N2O4S/c1-15-11-19(24(25,26)27)29-22(33-2)20(15)21(30)28-14-23(12-16-3-4-16)9-7-18(8-10-23)34(31,32)13-17-5-6-17/h11,16-18H,3-10,12-14H2,1-2H3,(H,28,30)/t18-,23+. The number of carbonyl (C=O) groups is 1. The van der Waals surface area contributed by atoms with Gasteiger partial charge in [-0.25, -0.2) is 13.4 Å². The maximum absolute atomic E-state index is 13.1. The van der Waals surface area contributed by atoms with Crippen molar-refractivity contribution in [3.63, 3.8) is 0 Å². The highest BCUT2D eigenvalue weighted by atomic mass is 32.2. The van der Waals surface area contributed by atoms with Crippen LogP contribution in [0.4, 0.5) is 13.2 Å². The van der Waals surface area contributed by atoms with Gasteiger partial charge in [0.15, 0.2) is 9.84 Å². The number of hydrogen-bond donors (Lipinski definition) is 1. The molecule has 1 aromatic rings. The lowest BCUT2D eigenvalue weighted by molar-refractivity contribution is -0.141. The van der Waals surface area contributed by atoms with Crippen LogP contribution in [0, 0.1) is 24.2 Å². The van der Waals surface area contributed by atoms with Crippen LogP contribution in [-0.2, 0) is 16.0 Å². The summed E-state index contributed by atoms with van der Waals surface area (Å²) in [7, 11) is -1.90. The number of pyridine rings is 1. The van der Waals surface area contributed by atoms with Gasteiger partial charge < -0.3 is 10.1 Å². The summed E-state index contributed by atoms with van der Waals surface area (Å²) < 4.78 is 69.9. The van der Waals surface area contributed by atoms with Gasteiger partial charge in [0.2, 0.25) is 5.88 Å². The van der Waals surface area contributed by atoms with Crippen LogP contribution in [0.5, 0.6) is 5.88 Å². The molecule has 0 radical (unpaired) electrons. The molecule has 0 unspecified atom stereocenters. The van der Waals surface area contributed by atoms with E-state index in [1.54, 1.807) is 0 Å². The van der Waals surface area contributed by atoms with Gasteiger partial charge in [-0.2, -0.15) is 13.2 Å². The van der Waals surface area contributed by atoms with Crippen molar-refractivity contribution in [3.05, 3.63) is 22.9 Å². The molecular formula is C24H33F3N2O4S. The van der Waals surface area contributed by atoms with E-state index in [1.807, 2.05) is 0 Å². The van der Waals surface area contributed by atoms with Gasteiger partial charge in [0.1, 0.15) is 11.3 Å². The maximum atomic E-state index is 13.1. The zero-order valence-electron chi connectivity index (χ0n) is 19.7. The van der Waals surface area contributed by atoms with Crippen molar-refractivity contribution in [2.45, 2.75) is 76.1 Å². The topological polar surface area (TPSA) is 85.4 Å². The van der Waals surface area contributed by atoms with E-state index in [1.165, 1.54) is 14.0 Å². The van der Waals surface area contributed by atoms with E-state index in [0.717, 1.165) is 51.0 Å². The highest BCUT2D eigenvalue weighted by Gasteiger charge is 2.44. The number of sulfone groups is 1. The first-order chi connectivity index (χ1) is 15.9. The number of alkyl halides is 3. The molecule has 0 atom stereocenters. The van der Waals surface area contributed by atoms with E-state index in [0.29, 0.717) is 37.0 Å². The average molecular weight is 503 g/mol. The molecule has 34 heavy (non-hydrogen) atoms. The predicted molar refractivity (Wildman–Crippen MR) is 121 cm³/mol. The number of carbonyl (C=O) groups excluding carboxylic acids is 1. The second kappa shape index (κ2) is 9.32. The molecule has 0 bridgehead atoms. The molecule has 0 aromatic carbocycles. The van der Waals surface area contributed by atoms with Gasteiger partial charge in [-0.15, -0.1) is 0 Å². The van der Waals surface area contributed by atoms with Gasteiger partial charge in [-0.1, -0.05) is 12.8 Å². The van der Waals surface area contributed by atoms with Crippen molar-refractivity contribution in [3.8, 4) is 5.88 Å². The molecule has 0 aliphatic heterocycles. The molecule has 3 fully saturated rings. The fourth-order valence-corrected chi connectivity index (χ4v) is 7.48. The number of hydrogen-bond acceptors (Lipinski definition) is 5. The number of nitrogens with one attached hydrogen (secondary N) is 1. The number of aromatic nitrogens is 1. The molecule has 1 aromatic heterocycles. The molecule has 0 saturated heterocycles. The van der Waals surface area contributed by atoms with Gasteiger partial charge in [-0.05, 0) is 80.8 Å². The van der Waals surface area contributed by atoms with Crippen molar-refractivity contribution in [1.29, 1.82) is 0 Å². The normalized spacial score (nSPS) is 25.7. The van der Waals surface area contributed by atoms with Crippen molar-refractivity contribution in [1.82, 2.24) is 10.3 Å². The summed E-state index contributed by atoms with van der Waals surface area (Å²) in [6.07, 6.45) is 3.24. The van der Waals surface area contributed by atoms with E-state index < -0.39 is 27.6 Å². The van der Waals surface area contributed by atoms with Gasteiger partial charge in [0.05, 0.1) is 18.1 Å². The minimum absolute atomic E-state index is 0.00207. The van der Waals surface area contributed by atoms with Crippen LogP contribution in [0.1, 0.15) is 79.4 Å². The molecule has 3 aliphatic rings. The monoisotopic (exact) mass is 502 g/mol. The molecule has 0 spiro atoms. The third-order valence-electron chi connectivity index (χ3n) is 7.60. The fourth-order valence-electron chi connectivity index (χ4n) is 5.27. The molecule has 1 amide bonds. The zero-order chi connectivity index (χ0) is 24.7. The van der Waals surface area contributed by atoms with E-state index in [2.05, 4.69) is 10.3 Å². The maximum Gasteiger partial charge on any atom is 0.433 e. The SMILES string of the molecule is COc1nc(C(F)(F)F)cc(C)c1C(=O)NC[C@]1(CC2CC2)CC[C@H](S(=O)(=O)CC2CC2)CC1. The van der Waals surface area contributed by atoms with Crippen LogP contribution in [0.25, 0.3) is 0 Å². The Bertz CT molecular complexity index is 1030. The average Bonchev–Trinajstić information content (AvgIpc) is 3.69. The summed E-state index contributed by atoms with van der Waals surface area (Å²) in [4.78, 5) is 16.5. The minimum atomic E-state index is -4.64.